The van der Waals surface area contributed by atoms with Gasteiger partial charge < -0.3 is 11.1 Å². The Kier molecular flexibility index (Phi) is 5.71. The minimum atomic E-state index is -4.20. The number of hydrogen-bond acceptors (Lipinski definition) is 8. The van der Waals surface area contributed by atoms with Crippen LogP contribution < -0.4 is 11.1 Å². The van der Waals surface area contributed by atoms with Crippen molar-refractivity contribution in [1.29, 1.82) is 10.5 Å². The Morgan fingerprint density at radius 3 is 2.67 bits per heavy atom. The van der Waals surface area contributed by atoms with Gasteiger partial charge in [-0.05, 0) is 47.4 Å². The molecule has 0 aliphatic carbocycles. The van der Waals surface area contributed by atoms with Crippen LogP contribution in [0.5, 0.6) is 0 Å². The molecule has 0 unspecified atom stereocenters. The first kappa shape index (κ1) is 21.8. The van der Waals surface area contributed by atoms with Crippen LogP contribution in [0, 0.1) is 22.7 Å². The molecular weight excluding hydrogens is 462 g/mol. The summed E-state index contributed by atoms with van der Waals surface area (Å²) in [6.07, 6.45) is 2.89. The molecular formula is C22H14ClN7O2S. The van der Waals surface area contributed by atoms with Gasteiger partial charge in [-0.2, -0.15) is 23.9 Å². The lowest BCUT2D eigenvalue weighted by atomic mass is 10.1. The topological polar surface area (TPSA) is 150 Å². The number of anilines is 3. The van der Waals surface area contributed by atoms with Crippen molar-refractivity contribution in [2.45, 2.75) is 4.90 Å². The number of nitrogens with zero attached hydrogens (tertiary/aromatic N) is 5. The Balaban J connectivity index is 1.75. The zero-order chi connectivity index (χ0) is 23.6. The zero-order valence-electron chi connectivity index (χ0n) is 16.8. The minimum absolute atomic E-state index is 0.0169. The Labute approximate surface area is 194 Å². The number of nitriles is 2. The molecule has 0 bridgehead atoms. The number of allylic oxidation sites excluding steroid dienone is 1. The van der Waals surface area contributed by atoms with Crippen LogP contribution in [0.15, 0.2) is 65.6 Å². The van der Waals surface area contributed by atoms with E-state index < -0.39 is 10.0 Å². The normalized spacial score (nSPS) is 11.4. The number of nitrogens with one attached hydrogen (secondary N) is 1. The van der Waals surface area contributed by atoms with Crippen molar-refractivity contribution in [2.75, 3.05) is 11.1 Å². The number of rotatable bonds is 5. The van der Waals surface area contributed by atoms with E-state index in [9.17, 15) is 8.42 Å². The van der Waals surface area contributed by atoms with E-state index in [4.69, 9.17) is 27.9 Å². The van der Waals surface area contributed by atoms with Gasteiger partial charge in [0.2, 0.25) is 11.9 Å². The number of fused-ring (bicyclic) bond motifs is 1. The van der Waals surface area contributed by atoms with E-state index in [1.54, 1.807) is 42.5 Å². The van der Waals surface area contributed by atoms with Crippen LogP contribution in [-0.2, 0) is 10.0 Å². The van der Waals surface area contributed by atoms with Gasteiger partial charge >= 0.3 is 0 Å². The van der Waals surface area contributed by atoms with Gasteiger partial charge in [0, 0.05) is 17.1 Å². The largest absolute Gasteiger partial charge is 0.367 e. The van der Waals surface area contributed by atoms with E-state index in [2.05, 4.69) is 15.4 Å². The molecule has 33 heavy (non-hydrogen) atoms. The van der Waals surface area contributed by atoms with Gasteiger partial charge in [0.15, 0.2) is 0 Å². The molecule has 1 heterocycles. The first-order chi connectivity index (χ1) is 15.8. The molecule has 1 aromatic heterocycles. The van der Waals surface area contributed by atoms with E-state index in [1.165, 1.54) is 24.3 Å². The molecule has 4 rings (SSSR count). The van der Waals surface area contributed by atoms with Crippen LogP contribution in [0.4, 0.5) is 17.6 Å². The number of nitrogen functional groups attached to an aromatic ring is 1. The zero-order valence-corrected chi connectivity index (χ0v) is 18.3. The summed E-state index contributed by atoms with van der Waals surface area (Å²) in [6.45, 7) is 0. The molecule has 11 heteroatoms. The highest BCUT2D eigenvalue weighted by Crippen LogP contribution is 2.28. The number of hydrogen-bond donors (Lipinski definition) is 2. The number of benzene rings is 3. The van der Waals surface area contributed by atoms with Gasteiger partial charge in [-0.25, -0.2) is 0 Å². The fourth-order valence-corrected chi connectivity index (χ4v) is 4.76. The van der Waals surface area contributed by atoms with Gasteiger partial charge in [-0.15, -0.1) is 9.19 Å². The summed E-state index contributed by atoms with van der Waals surface area (Å²) >= 11 is 6.03. The highest BCUT2D eigenvalue weighted by molar-refractivity contribution is 7.90. The third-order valence-corrected chi connectivity index (χ3v) is 6.62. The SMILES string of the molecule is N#C/C=C/c1ccc2cccc(S(=O)(=O)n3nc(Nc4ccc(C#N)c(Cl)c4)nc3N)c2c1. The van der Waals surface area contributed by atoms with Crippen molar-refractivity contribution in [3.63, 3.8) is 0 Å². The summed E-state index contributed by atoms with van der Waals surface area (Å²) in [5.74, 6) is -0.399. The predicted octanol–water partition coefficient (Wildman–Crippen LogP) is 4.06. The molecule has 9 nitrogen and oxygen atoms in total. The van der Waals surface area contributed by atoms with Crippen LogP contribution in [0.1, 0.15) is 11.1 Å². The van der Waals surface area contributed by atoms with Crippen molar-refractivity contribution in [3.8, 4) is 12.1 Å². The summed E-state index contributed by atoms with van der Waals surface area (Å²) in [5.41, 5.74) is 7.30. The average molecular weight is 476 g/mol. The van der Waals surface area contributed by atoms with E-state index in [-0.39, 0.29) is 21.8 Å². The Bertz CT molecular complexity index is 1610. The first-order valence-corrected chi connectivity index (χ1v) is 11.2. The van der Waals surface area contributed by atoms with Crippen molar-refractivity contribution in [2.24, 2.45) is 0 Å². The van der Waals surface area contributed by atoms with Gasteiger partial charge in [0.1, 0.15) is 6.07 Å². The summed E-state index contributed by atoms with van der Waals surface area (Å²) in [6, 6.07) is 18.5. The molecule has 0 fully saturated rings. The van der Waals surface area contributed by atoms with Crippen molar-refractivity contribution < 1.29 is 8.42 Å². The van der Waals surface area contributed by atoms with Gasteiger partial charge in [-0.3, -0.25) is 0 Å². The molecule has 3 N–H and O–H groups in total. The molecule has 3 aromatic carbocycles. The number of nitrogens with two attached hydrogens (primary N) is 1. The predicted molar refractivity (Wildman–Crippen MR) is 125 cm³/mol. The highest BCUT2D eigenvalue weighted by Gasteiger charge is 2.25. The van der Waals surface area contributed by atoms with Gasteiger partial charge in [0.25, 0.3) is 10.0 Å². The smallest absolute Gasteiger partial charge is 0.286 e. The Morgan fingerprint density at radius 2 is 1.94 bits per heavy atom. The molecule has 0 amide bonds. The van der Waals surface area contributed by atoms with Crippen LogP contribution in [0.25, 0.3) is 16.8 Å². The maximum atomic E-state index is 13.4. The second kappa shape index (κ2) is 8.63. The van der Waals surface area contributed by atoms with E-state index in [0.29, 0.717) is 31.7 Å². The lowest BCUT2D eigenvalue weighted by Crippen LogP contribution is -2.17. The average Bonchev–Trinajstić information content (AvgIpc) is 3.18. The summed E-state index contributed by atoms with van der Waals surface area (Å²) in [5, 5.41) is 26.0. The van der Waals surface area contributed by atoms with Crippen LogP contribution in [0.2, 0.25) is 5.02 Å². The van der Waals surface area contributed by atoms with Gasteiger partial charge in [-0.1, -0.05) is 35.9 Å². The third-order valence-electron chi connectivity index (χ3n) is 4.67. The molecule has 0 atom stereocenters. The van der Waals surface area contributed by atoms with E-state index in [0.717, 1.165) is 0 Å². The van der Waals surface area contributed by atoms with Crippen LogP contribution in [-0.4, -0.2) is 22.6 Å². The van der Waals surface area contributed by atoms with E-state index >= 15 is 0 Å². The molecule has 0 radical (unpaired) electrons. The summed E-state index contributed by atoms with van der Waals surface area (Å²) < 4.78 is 27.5. The number of halogens is 1. The lowest BCUT2D eigenvalue weighted by Gasteiger charge is -2.09. The summed E-state index contributed by atoms with van der Waals surface area (Å²) in [7, 11) is -4.20. The quantitative estimate of drug-likeness (QED) is 0.410. The highest BCUT2D eigenvalue weighted by atomic mass is 35.5. The molecule has 0 aliphatic heterocycles. The summed E-state index contributed by atoms with van der Waals surface area (Å²) in [4.78, 5) is 3.98. The first-order valence-electron chi connectivity index (χ1n) is 9.37. The van der Waals surface area contributed by atoms with Crippen molar-refractivity contribution in [3.05, 3.63) is 76.8 Å². The second-order valence-electron chi connectivity index (χ2n) is 6.77. The fraction of sp³-hybridized carbons (Fsp3) is 0. The maximum absolute atomic E-state index is 13.4. The monoisotopic (exact) mass is 475 g/mol. The molecule has 0 aliphatic rings. The van der Waals surface area contributed by atoms with Crippen molar-refractivity contribution in [1.82, 2.24) is 14.2 Å². The fourth-order valence-electron chi connectivity index (χ4n) is 3.17. The number of aromatic nitrogens is 3. The third kappa shape index (κ3) is 4.21. The maximum Gasteiger partial charge on any atom is 0.286 e. The second-order valence-corrected chi connectivity index (χ2v) is 8.92. The standard InChI is InChI=1S/C22H14ClN7O2S/c23-19-12-17(9-8-16(19)13-25)27-22-28-21(26)30(29-22)33(31,32)20-5-1-4-15-7-6-14(3-2-10-24)11-18(15)20/h1-9,11-12H,(H3,26,27,28,29)/b3-2+. The molecule has 0 saturated carbocycles. The Morgan fingerprint density at radius 1 is 1.12 bits per heavy atom. The molecule has 4 aromatic rings. The van der Waals surface area contributed by atoms with E-state index in [1.807, 2.05) is 12.1 Å². The molecule has 0 saturated heterocycles. The van der Waals surface area contributed by atoms with Crippen molar-refractivity contribution >= 4 is 56.1 Å². The molecule has 0 spiro atoms. The lowest BCUT2D eigenvalue weighted by molar-refractivity contribution is 0.582. The van der Waals surface area contributed by atoms with Gasteiger partial charge in [0.05, 0.1) is 21.6 Å². The Hall–Kier alpha value is -4.38. The molecule has 162 valence electrons. The van der Waals surface area contributed by atoms with Crippen LogP contribution in [0.3, 0.4) is 0 Å². The minimum Gasteiger partial charge on any atom is -0.367 e. The van der Waals surface area contributed by atoms with Crippen LogP contribution >= 0.6 is 11.6 Å².